The van der Waals surface area contributed by atoms with Crippen LogP contribution in [0.5, 0.6) is 0 Å². The van der Waals surface area contributed by atoms with E-state index in [1.807, 2.05) is 31.2 Å². The summed E-state index contributed by atoms with van der Waals surface area (Å²) >= 11 is 0. The molecule has 132 valence electrons. The number of aryl methyl sites for hydroxylation is 1. The fourth-order valence-electron chi connectivity index (χ4n) is 4.15. The number of aromatic nitrogens is 2. The Morgan fingerprint density at radius 1 is 1.08 bits per heavy atom. The van der Waals surface area contributed by atoms with Crippen molar-refractivity contribution >= 4 is 5.82 Å². The molecule has 1 aromatic carbocycles. The number of hydrogen-bond acceptors (Lipinski definition) is 3. The molecule has 1 atom stereocenters. The van der Waals surface area contributed by atoms with E-state index in [4.69, 9.17) is 0 Å². The highest BCUT2D eigenvalue weighted by atomic mass is 16.2. The van der Waals surface area contributed by atoms with Crippen LogP contribution >= 0.6 is 0 Å². The summed E-state index contributed by atoms with van der Waals surface area (Å²) < 4.78 is 1.59. The molecule has 6 nitrogen and oxygen atoms in total. The Morgan fingerprint density at radius 2 is 1.80 bits per heavy atom. The Hall–Kier alpha value is -2.34. The summed E-state index contributed by atoms with van der Waals surface area (Å²) in [5, 5.41) is 3.38. The third-order valence-corrected chi connectivity index (χ3v) is 5.57. The van der Waals surface area contributed by atoms with Gasteiger partial charge in [0.2, 0.25) is 0 Å². The average molecular weight is 341 g/mol. The minimum Gasteiger partial charge on any atom is -0.324 e. The third-order valence-electron chi connectivity index (χ3n) is 5.57. The number of nitrogens with one attached hydrogen (secondary N) is 3. The molecule has 0 bridgehead atoms. The molecule has 1 aliphatic carbocycles. The summed E-state index contributed by atoms with van der Waals surface area (Å²) in [4.78, 5) is 28.8. The highest BCUT2D eigenvalue weighted by molar-refractivity contribution is 5.51. The van der Waals surface area contributed by atoms with Crippen LogP contribution in [-0.4, -0.2) is 22.3 Å². The van der Waals surface area contributed by atoms with Gasteiger partial charge in [0.15, 0.2) is 6.67 Å². The first-order chi connectivity index (χ1) is 12.1. The number of aromatic amines is 1. The molecule has 0 radical (unpaired) electrons. The molecule has 2 aliphatic rings. The molecule has 0 amide bonds. The molecule has 0 spiro atoms. The van der Waals surface area contributed by atoms with Crippen molar-refractivity contribution in [1.29, 1.82) is 0 Å². The fraction of sp³-hybridized carbons (Fsp3) is 0.474. The lowest BCUT2D eigenvalue weighted by Crippen LogP contribution is -3.16. The zero-order chi connectivity index (χ0) is 17.4. The minimum absolute atomic E-state index is 0.260. The summed E-state index contributed by atoms with van der Waals surface area (Å²) in [6.07, 6.45) is 6.32. The van der Waals surface area contributed by atoms with E-state index < -0.39 is 0 Å². The minimum atomic E-state index is -0.388. The Morgan fingerprint density at radius 3 is 2.52 bits per heavy atom. The summed E-state index contributed by atoms with van der Waals surface area (Å²) in [5.41, 5.74) is 1.95. The summed E-state index contributed by atoms with van der Waals surface area (Å²) in [6.45, 7) is 3.44. The number of fused-ring (bicyclic) bond motifs is 1. The Kier molecular flexibility index (Phi) is 4.21. The van der Waals surface area contributed by atoms with Crippen LogP contribution < -0.4 is 21.5 Å². The van der Waals surface area contributed by atoms with Crippen molar-refractivity contribution in [3.8, 4) is 5.69 Å². The first-order valence-corrected chi connectivity index (χ1v) is 9.17. The lowest BCUT2D eigenvalue weighted by molar-refractivity contribution is -0.938. The molecule has 4 rings (SSSR count). The Balaban J connectivity index is 1.74. The first kappa shape index (κ1) is 16.1. The van der Waals surface area contributed by atoms with Gasteiger partial charge in [0.05, 0.1) is 11.7 Å². The van der Waals surface area contributed by atoms with E-state index in [-0.39, 0.29) is 11.2 Å². The van der Waals surface area contributed by atoms with Gasteiger partial charge in [-0.25, -0.2) is 9.36 Å². The van der Waals surface area contributed by atoms with Gasteiger partial charge in [0.25, 0.3) is 5.56 Å². The third kappa shape index (κ3) is 3.02. The Labute approximate surface area is 146 Å². The van der Waals surface area contributed by atoms with Crippen LogP contribution in [-0.2, 0) is 6.54 Å². The van der Waals surface area contributed by atoms with Gasteiger partial charge >= 0.3 is 5.69 Å². The van der Waals surface area contributed by atoms with Gasteiger partial charge in [-0.1, -0.05) is 24.1 Å². The second kappa shape index (κ2) is 6.52. The zero-order valence-corrected chi connectivity index (χ0v) is 14.6. The van der Waals surface area contributed by atoms with Crippen LogP contribution in [0.4, 0.5) is 5.82 Å². The molecule has 1 aliphatic heterocycles. The molecule has 6 heteroatoms. The smallest absolute Gasteiger partial charge is 0.324 e. The highest BCUT2D eigenvalue weighted by Crippen LogP contribution is 2.19. The SMILES string of the molecule is Cc1ccc(-n2c3c(c(=O)[nH]c2=O)C[NH+](C2CCCCC2)CN3)cc1. The van der Waals surface area contributed by atoms with Crippen LogP contribution in [0.1, 0.15) is 43.2 Å². The van der Waals surface area contributed by atoms with E-state index >= 15 is 0 Å². The number of hydrogen-bond donors (Lipinski definition) is 3. The highest BCUT2D eigenvalue weighted by Gasteiger charge is 2.31. The topological polar surface area (TPSA) is 71.3 Å². The van der Waals surface area contributed by atoms with Gasteiger partial charge < -0.3 is 10.2 Å². The van der Waals surface area contributed by atoms with Crippen molar-refractivity contribution in [2.45, 2.75) is 51.6 Å². The molecule has 2 aromatic rings. The quantitative estimate of drug-likeness (QED) is 0.761. The van der Waals surface area contributed by atoms with Crippen molar-refractivity contribution < 1.29 is 4.90 Å². The second-order valence-electron chi connectivity index (χ2n) is 7.28. The maximum Gasteiger partial charge on any atom is 0.334 e. The summed E-state index contributed by atoms with van der Waals surface area (Å²) in [5.74, 6) is 0.650. The predicted molar refractivity (Wildman–Crippen MR) is 97.4 cm³/mol. The zero-order valence-electron chi connectivity index (χ0n) is 14.6. The summed E-state index contributed by atoms with van der Waals surface area (Å²) in [6, 6.07) is 8.38. The Bertz CT molecular complexity index is 876. The van der Waals surface area contributed by atoms with E-state index in [1.165, 1.54) is 37.0 Å². The van der Waals surface area contributed by atoms with E-state index in [9.17, 15) is 9.59 Å². The van der Waals surface area contributed by atoms with Gasteiger partial charge in [0.1, 0.15) is 17.9 Å². The molecular weight excluding hydrogens is 316 g/mol. The van der Waals surface area contributed by atoms with Gasteiger partial charge in [-0.05, 0) is 44.7 Å². The van der Waals surface area contributed by atoms with Gasteiger partial charge in [-0.2, -0.15) is 0 Å². The number of quaternary nitrogens is 1. The van der Waals surface area contributed by atoms with Crippen LogP contribution in [0.15, 0.2) is 33.9 Å². The van der Waals surface area contributed by atoms with Crippen molar-refractivity contribution in [1.82, 2.24) is 9.55 Å². The lowest BCUT2D eigenvalue weighted by Gasteiger charge is -2.35. The maximum absolute atomic E-state index is 12.4. The maximum atomic E-state index is 12.4. The lowest BCUT2D eigenvalue weighted by atomic mass is 9.94. The van der Waals surface area contributed by atoms with E-state index in [0.717, 1.165) is 17.9 Å². The van der Waals surface area contributed by atoms with Gasteiger partial charge in [0, 0.05) is 0 Å². The monoisotopic (exact) mass is 341 g/mol. The normalized spacial score (nSPS) is 20.8. The molecule has 25 heavy (non-hydrogen) atoms. The molecule has 1 fully saturated rings. The fourth-order valence-corrected chi connectivity index (χ4v) is 4.15. The van der Waals surface area contributed by atoms with E-state index in [0.29, 0.717) is 24.0 Å². The first-order valence-electron chi connectivity index (χ1n) is 9.17. The molecule has 2 heterocycles. The predicted octanol–water partition coefficient (Wildman–Crippen LogP) is 0.935. The number of benzene rings is 1. The number of nitrogens with zero attached hydrogens (tertiary/aromatic N) is 1. The number of H-pyrrole nitrogens is 1. The van der Waals surface area contributed by atoms with Crippen LogP contribution in [0.25, 0.3) is 5.69 Å². The van der Waals surface area contributed by atoms with E-state index in [1.54, 1.807) is 4.57 Å². The molecular formula is C19H25N4O2+. The molecule has 1 saturated carbocycles. The van der Waals surface area contributed by atoms with Crippen LogP contribution in [0, 0.1) is 6.92 Å². The largest absolute Gasteiger partial charge is 0.334 e. The van der Waals surface area contributed by atoms with Crippen molar-refractivity contribution in [3.63, 3.8) is 0 Å². The van der Waals surface area contributed by atoms with E-state index in [2.05, 4.69) is 10.3 Å². The van der Waals surface area contributed by atoms with Crippen LogP contribution in [0.3, 0.4) is 0 Å². The van der Waals surface area contributed by atoms with Gasteiger partial charge in [-0.15, -0.1) is 0 Å². The van der Waals surface area contributed by atoms with Gasteiger partial charge in [-0.3, -0.25) is 9.78 Å². The van der Waals surface area contributed by atoms with Crippen molar-refractivity contribution in [2.24, 2.45) is 0 Å². The standard InChI is InChI=1S/C19H24N4O2/c1-13-7-9-15(10-8-13)23-17-16(18(24)21-19(23)25)11-22(12-20-17)14-5-3-2-4-6-14/h7-10,14,20H,2-6,11-12H2,1H3,(H,21,24,25)/p+1. The second-order valence-corrected chi connectivity index (χ2v) is 7.28. The molecule has 1 unspecified atom stereocenters. The molecule has 1 aromatic heterocycles. The number of rotatable bonds is 2. The molecule has 3 N–H and O–H groups in total. The number of anilines is 1. The summed E-state index contributed by atoms with van der Waals surface area (Å²) in [7, 11) is 0. The van der Waals surface area contributed by atoms with Crippen LogP contribution in [0.2, 0.25) is 0 Å². The van der Waals surface area contributed by atoms with Crippen molar-refractivity contribution in [3.05, 3.63) is 56.2 Å². The average Bonchev–Trinajstić information content (AvgIpc) is 2.64. The molecule has 0 saturated heterocycles. The van der Waals surface area contributed by atoms with Crippen molar-refractivity contribution in [2.75, 3.05) is 12.0 Å².